The van der Waals surface area contributed by atoms with Gasteiger partial charge in [0.1, 0.15) is 6.10 Å². The van der Waals surface area contributed by atoms with E-state index in [2.05, 4.69) is 0 Å². The Balaban J connectivity index is 2.05. The van der Waals surface area contributed by atoms with Gasteiger partial charge in [0.15, 0.2) is 5.79 Å². The molecule has 0 radical (unpaired) electrons. The minimum absolute atomic E-state index is 0.00153. The van der Waals surface area contributed by atoms with Crippen molar-refractivity contribution in [2.75, 3.05) is 39.6 Å². The van der Waals surface area contributed by atoms with Gasteiger partial charge in [-0.1, -0.05) is 0 Å². The molecule has 2 aliphatic heterocycles. The topological polar surface area (TPSA) is 169 Å². The maximum Gasteiger partial charge on any atom is 0.219 e. The van der Waals surface area contributed by atoms with Crippen molar-refractivity contribution in [1.29, 1.82) is 0 Å². The zero-order valence-electron chi connectivity index (χ0n) is 13.2. The van der Waals surface area contributed by atoms with Gasteiger partial charge in [-0.15, -0.1) is 0 Å². The summed E-state index contributed by atoms with van der Waals surface area (Å²) in [5, 5.41) is 67.4. The van der Waals surface area contributed by atoms with Gasteiger partial charge in [0.25, 0.3) is 0 Å². The molecule has 10 nitrogen and oxygen atoms in total. The lowest BCUT2D eigenvalue weighted by Crippen LogP contribution is -2.62. The molecule has 2 saturated heterocycles. The van der Waals surface area contributed by atoms with Crippen LogP contribution in [0.2, 0.25) is 0 Å². The third-order valence-corrected chi connectivity index (χ3v) is 4.73. The molecule has 0 aromatic heterocycles. The van der Waals surface area contributed by atoms with Crippen LogP contribution in [0.1, 0.15) is 6.42 Å². The molecule has 142 valence electrons. The zero-order valence-corrected chi connectivity index (χ0v) is 13.2. The van der Waals surface area contributed by atoms with Crippen molar-refractivity contribution in [3.05, 3.63) is 0 Å². The Morgan fingerprint density at radius 3 is 2.29 bits per heavy atom. The van der Waals surface area contributed by atoms with E-state index in [1.807, 2.05) is 0 Å². The fourth-order valence-corrected chi connectivity index (χ4v) is 3.15. The van der Waals surface area contributed by atoms with Crippen LogP contribution in [0.4, 0.5) is 0 Å². The Kier molecular flexibility index (Phi) is 6.53. The van der Waals surface area contributed by atoms with Gasteiger partial charge in [-0.25, -0.2) is 0 Å². The van der Waals surface area contributed by atoms with Gasteiger partial charge in [-0.3, -0.25) is 0 Å². The van der Waals surface area contributed by atoms with E-state index in [1.54, 1.807) is 0 Å². The molecule has 0 unspecified atom stereocenters. The molecule has 0 aromatic rings. The van der Waals surface area contributed by atoms with Crippen LogP contribution in [0.3, 0.4) is 0 Å². The summed E-state index contributed by atoms with van der Waals surface area (Å²) >= 11 is 0. The van der Waals surface area contributed by atoms with Crippen molar-refractivity contribution < 1.29 is 50.0 Å². The summed E-state index contributed by atoms with van der Waals surface area (Å²) in [7, 11) is 0. The molecule has 0 amide bonds. The Morgan fingerprint density at radius 1 is 1.04 bits per heavy atom. The average molecular weight is 354 g/mol. The molecule has 2 heterocycles. The number of aliphatic hydroxyl groups excluding tert-OH is 6. The molecule has 0 aromatic carbocycles. The minimum atomic E-state index is -1.87. The minimum Gasteiger partial charge on any atom is -0.396 e. The monoisotopic (exact) mass is 354 g/mol. The van der Waals surface area contributed by atoms with Crippen molar-refractivity contribution in [1.82, 2.24) is 0 Å². The van der Waals surface area contributed by atoms with E-state index in [-0.39, 0.29) is 26.2 Å². The van der Waals surface area contributed by atoms with E-state index >= 15 is 0 Å². The summed E-state index contributed by atoms with van der Waals surface area (Å²) in [6.45, 7) is -2.73. The van der Waals surface area contributed by atoms with Gasteiger partial charge in [0.05, 0.1) is 45.2 Å². The summed E-state index contributed by atoms with van der Waals surface area (Å²) < 4.78 is 16.1. The van der Waals surface area contributed by atoms with Gasteiger partial charge in [0.2, 0.25) is 5.79 Å². The van der Waals surface area contributed by atoms with Crippen LogP contribution in [-0.4, -0.2) is 105 Å². The molecular weight excluding hydrogens is 328 g/mol. The quantitative estimate of drug-likeness (QED) is 0.240. The number of hydrogen-bond donors (Lipinski definition) is 7. The van der Waals surface area contributed by atoms with E-state index in [0.717, 1.165) is 0 Å². The molecule has 24 heavy (non-hydrogen) atoms. The van der Waals surface area contributed by atoms with Gasteiger partial charge >= 0.3 is 0 Å². The lowest BCUT2D eigenvalue weighted by molar-refractivity contribution is -0.351. The fraction of sp³-hybridized carbons (Fsp3) is 1.00. The van der Waals surface area contributed by atoms with Gasteiger partial charge in [0, 0.05) is 24.9 Å². The third-order valence-electron chi connectivity index (χ3n) is 4.73. The highest BCUT2D eigenvalue weighted by atomic mass is 16.7. The first-order valence-corrected chi connectivity index (χ1v) is 7.82. The molecule has 0 aliphatic carbocycles. The van der Waals surface area contributed by atoms with Crippen molar-refractivity contribution >= 4 is 0 Å². The molecule has 0 saturated carbocycles. The lowest BCUT2D eigenvalue weighted by Gasteiger charge is -2.45. The van der Waals surface area contributed by atoms with Gasteiger partial charge in [-0.05, 0) is 0 Å². The maximum atomic E-state index is 10.3. The Morgan fingerprint density at radius 2 is 1.75 bits per heavy atom. The molecule has 0 spiro atoms. The predicted molar refractivity (Wildman–Crippen MR) is 76.4 cm³/mol. The SMILES string of the molecule is OC[C@H]1C[C@](O)(CO)O[C@@H]1CO[C@]1(CO)OC[C@@H](O)[C@@H](CO)[C@H]1O. The lowest BCUT2D eigenvalue weighted by atomic mass is 9.88. The van der Waals surface area contributed by atoms with E-state index in [1.165, 1.54) is 0 Å². The third kappa shape index (κ3) is 3.73. The normalized spacial score (nSPS) is 46.4. The first-order chi connectivity index (χ1) is 11.3. The molecule has 7 N–H and O–H groups in total. The number of rotatable bonds is 7. The molecule has 0 bridgehead atoms. The molecule has 2 aliphatic rings. The first kappa shape index (κ1) is 19.9. The molecule has 2 fully saturated rings. The zero-order chi connectivity index (χ0) is 18.0. The highest BCUT2D eigenvalue weighted by Crippen LogP contribution is 2.36. The number of aliphatic hydroxyl groups is 7. The Hall–Kier alpha value is -0.400. The second kappa shape index (κ2) is 7.87. The van der Waals surface area contributed by atoms with Crippen LogP contribution in [0.15, 0.2) is 0 Å². The summed E-state index contributed by atoms with van der Waals surface area (Å²) in [5.41, 5.74) is 0. The highest BCUT2D eigenvalue weighted by Gasteiger charge is 2.52. The summed E-state index contributed by atoms with van der Waals surface area (Å²) in [6.07, 6.45) is -3.41. The van der Waals surface area contributed by atoms with E-state index in [9.17, 15) is 30.6 Å². The van der Waals surface area contributed by atoms with Crippen LogP contribution in [0, 0.1) is 11.8 Å². The van der Waals surface area contributed by atoms with E-state index < -0.39 is 61.5 Å². The number of hydrogen-bond acceptors (Lipinski definition) is 10. The molecule has 2 rings (SSSR count). The second-order valence-corrected chi connectivity index (χ2v) is 6.36. The van der Waals surface area contributed by atoms with Crippen molar-refractivity contribution in [2.45, 2.75) is 36.3 Å². The van der Waals surface area contributed by atoms with Crippen molar-refractivity contribution in [3.63, 3.8) is 0 Å². The fourth-order valence-electron chi connectivity index (χ4n) is 3.15. The Bertz CT molecular complexity index is 409. The van der Waals surface area contributed by atoms with Crippen LogP contribution < -0.4 is 0 Å². The molecule has 10 heteroatoms. The van der Waals surface area contributed by atoms with E-state index in [0.29, 0.717) is 0 Å². The van der Waals surface area contributed by atoms with Crippen molar-refractivity contribution in [2.24, 2.45) is 11.8 Å². The summed E-state index contributed by atoms with van der Waals surface area (Å²) in [5.74, 6) is -5.13. The maximum absolute atomic E-state index is 10.3. The highest BCUT2D eigenvalue weighted by molar-refractivity contribution is 4.93. The van der Waals surface area contributed by atoms with Crippen LogP contribution in [0.5, 0.6) is 0 Å². The standard InChI is InChI=1S/C14H26O10/c15-2-8-1-13(21,6-17)24-11(8)5-23-14(7-18)12(20)9(3-16)10(19)4-22-14/h8-12,15-21H,1-7H2/t8-,9-,10-,11-,12-,13-,14+/m1/s1. The number of ether oxygens (including phenoxy) is 3. The Labute approximate surface area is 138 Å². The average Bonchev–Trinajstić information content (AvgIpc) is 2.92. The smallest absolute Gasteiger partial charge is 0.219 e. The summed E-state index contributed by atoms with van der Waals surface area (Å²) in [4.78, 5) is 0. The summed E-state index contributed by atoms with van der Waals surface area (Å²) in [6, 6.07) is 0. The molecular formula is C14H26O10. The van der Waals surface area contributed by atoms with E-state index in [4.69, 9.17) is 19.3 Å². The van der Waals surface area contributed by atoms with Crippen molar-refractivity contribution in [3.8, 4) is 0 Å². The van der Waals surface area contributed by atoms with Crippen LogP contribution in [0.25, 0.3) is 0 Å². The largest absolute Gasteiger partial charge is 0.396 e. The van der Waals surface area contributed by atoms with Gasteiger partial charge in [-0.2, -0.15) is 0 Å². The van der Waals surface area contributed by atoms with Crippen LogP contribution in [-0.2, 0) is 14.2 Å². The van der Waals surface area contributed by atoms with Gasteiger partial charge < -0.3 is 50.0 Å². The second-order valence-electron chi connectivity index (χ2n) is 6.36. The molecule has 7 atom stereocenters. The van der Waals surface area contributed by atoms with Crippen LogP contribution >= 0.6 is 0 Å². The first-order valence-electron chi connectivity index (χ1n) is 7.82. The predicted octanol–water partition coefficient (Wildman–Crippen LogP) is -3.87.